The van der Waals surface area contributed by atoms with E-state index in [2.05, 4.69) is 69.2 Å². The minimum Gasteiger partial charge on any atom is -0.381 e. The van der Waals surface area contributed by atoms with Crippen LogP contribution in [0, 0.1) is 56.7 Å². The van der Waals surface area contributed by atoms with Gasteiger partial charge in [0.2, 0.25) is 11.8 Å². The summed E-state index contributed by atoms with van der Waals surface area (Å²) in [6.45, 7) is 29.9. The van der Waals surface area contributed by atoms with Crippen LogP contribution >= 0.6 is 0 Å². The predicted molar refractivity (Wildman–Crippen MR) is 259 cm³/mol. The number of halogens is 4. The van der Waals surface area contributed by atoms with Gasteiger partial charge in [-0.15, -0.1) is 0 Å². The number of hydrogen-bond donors (Lipinski definition) is 0. The summed E-state index contributed by atoms with van der Waals surface area (Å²) in [5, 5.41) is 0. The molecule has 11 heteroatoms. The number of ether oxygens (including phenoxy) is 7. The molecular formula is C56H98F4O7. The van der Waals surface area contributed by atoms with Gasteiger partial charge < -0.3 is 33.2 Å². The minimum atomic E-state index is -2.41. The van der Waals surface area contributed by atoms with E-state index in [1.165, 1.54) is 77.0 Å². The van der Waals surface area contributed by atoms with Gasteiger partial charge in [-0.25, -0.2) is 17.6 Å². The lowest BCUT2D eigenvalue weighted by molar-refractivity contribution is -0.215. The first-order valence-corrected chi connectivity index (χ1v) is 27.5. The van der Waals surface area contributed by atoms with E-state index in [0.717, 1.165) is 71.9 Å². The summed E-state index contributed by atoms with van der Waals surface area (Å²) in [6, 6.07) is 0. The van der Waals surface area contributed by atoms with Crippen molar-refractivity contribution < 1.29 is 50.7 Å². The molecule has 0 aromatic carbocycles. The molecule has 5 atom stereocenters. The quantitative estimate of drug-likeness (QED) is 0.254. The molecule has 0 N–H and O–H groups in total. The predicted octanol–water partition coefficient (Wildman–Crippen LogP) is 14.3. The molecule has 7 heterocycles. The Morgan fingerprint density at radius 1 is 0.299 bits per heavy atom. The first-order valence-electron chi connectivity index (χ1n) is 27.5. The third kappa shape index (κ3) is 16.0. The first kappa shape index (κ1) is 55.7. The standard InChI is InChI=1S/2C12H22O2.2C11H18F2O.C10H18O/c2*1-10(2)11-3-4-12(9-14-11)5-7-13-8-6-12;2*1-8(2)9-3-4-10(7-14-9)5-11(12,13)6-10;1-8(2)9-3-4-10(5-6-10)7-11-9/h2*10-11H,3-9H2,1-2H3;2*8-9H,3-7H2,1-2H3;8-9H,3-7H2,1-2H3/t2*11-;3*9-/m10101/s1. The molecule has 7 saturated heterocycles. The largest absolute Gasteiger partial charge is 0.381 e. The summed E-state index contributed by atoms with van der Waals surface area (Å²) in [7, 11) is 0. The highest BCUT2D eigenvalue weighted by molar-refractivity contribution is 5.02. The molecule has 0 unspecified atom stereocenters. The molecule has 7 nitrogen and oxygen atoms in total. The van der Waals surface area contributed by atoms with Gasteiger partial charge in [-0.1, -0.05) is 69.2 Å². The molecule has 0 aromatic heterocycles. The monoisotopic (exact) mass is 959 g/mol. The Hall–Kier alpha value is -0.560. The minimum absolute atomic E-state index is 0.0464. The molecule has 5 spiro atoms. The SMILES string of the molecule is CC(C)[C@@H]1CCC2(CCOCC2)CO1.CC(C)[C@@H]1CCC2(CO1)CC(F)(F)C2.CC(C)[C@H]1CCC2(CC2)CO1.CC(C)[C@H]1CCC2(CCOCC2)CO1.CC(C)[C@H]1CCC2(CO1)CC(F)(F)C2. The van der Waals surface area contributed by atoms with Crippen molar-refractivity contribution in [2.45, 2.75) is 240 Å². The van der Waals surface area contributed by atoms with E-state index in [1.807, 2.05) is 0 Å². The number of rotatable bonds is 5. The zero-order valence-corrected chi connectivity index (χ0v) is 44.1. The fraction of sp³-hybridized carbons (Fsp3) is 1.00. The maximum Gasteiger partial charge on any atom is 0.249 e. The second-order valence-corrected chi connectivity index (χ2v) is 25.8. The van der Waals surface area contributed by atoms with Gasteiger partial charge in [0.05, 0.1) is 63.6 Å². The summed E-state index contributed by atoms with van der Waals surface area (Å²) >= 11 is 0. The summed E-state index contributed by atoms with van der Waals surface area (Å²) in [6.07, 6.45) is 21.7. The van der Waals surface area contributed by atoms with Crippen LogP contribution in [0.3, 0.4) is 0 Å². The summed E-state index contributed by atoms with van der Waals surface area (Å²) in [4.78, 5) is 0. The van der Waals surface area contributed by atoms with E-state index in [4.69, 9.17) is 33.2 Å². The third-order valence-corrected chi connectivity index (χ3v) is 18.1. The average Bonchev–Trinajstić information content (AvgIpc) is 4.02. The van der Waals surface area contributed by atoms with Crippen molar-refractivity contribution in [1.29, 1.82) is 0 Å². The van der Waals surface area contributed by atoms with Crippen molar-refractivity contribution in [1.82, 2.24) is 0 Å². The van der Waals surface area contributed by atoms with Crippen molar-refractivity contribution in [2.75, 3.05) is 59.5 Å². The number of hydrogen-bond acceptors (Lipinski definition) is 7. The Kier molecular flexibility index (Phi) is 19.6. The Bertz CT molecular complexity index is 1310. The van der Waals surface area contributed by atoms with Crippen LogP contribution < -0.4 is 0 Å². The lowest BCUT2D eigenvalue weighted by atomic mass is 9.62. The maximum absolute atomic E-state index is 12.8. The summed E-state index contributed by atoms with van der Waals surface area (Å²) < 4.78 is 91.0. The van der Waals surface area contributed by atoms with Gasteiger partial charge in [0.1, 0.15) is 0 Å². The third-order valence-electron chi connectivity index (χ3n) is 18.1. The lowest BCUT2D eigenvalue weighted by Crippen LogP contribution is -2.52. The molecule has 10 aliphatic rings. The Morgan fingerprint density at radius 2 is 0.507 bits per heavy atom. The van der Waals surface area contributed by atoms with Crippen LogP contribution in [0.25, 0.3) is 0 Å². The van der Waals surface area contributed by atoms with Crippen LogP contribution in [0.2, 0.25) is 0 Å². The Morgan fingerprint density at radius 3 is 0.672 bits per heavy atom. The van der Waals surface area contributed by atoms with Crippen molar-refractivity contribution in [3.8, 4) is 0 Å². The fourth-order valence-electron chi connectivity index (χ4n) is 12.7. The van der Waals surface area contributed by atoms with E-state index in [-0.39, 0.29) is 48.7 Å². The smallest absolute Gasteiger partial charge is 0.249 e. The van der Waals surface area contributed by atoms with E-state index < -0.39 is 11.8 Å². The molecule has 0 amide bonds. The van der Waals surface area contributed by atoms with Crippen molar-refractivity contribution in [3.05, 3.63) is 0 Å². The average molecular weight is 959 g/mol. The molecular weight excluding hydrogens is 861 g/mol. The molecule has 3 saturated carbocycles. The topological polar surface area (TPSA) is 64.6 Å². The number of alkyl halides is 4. The van der Waals surface area contributed by atoms with Crippen LogP contribution in [-0.4, -0.2) is 102 Å². The molecule has 10 fully saturated rings. The molecule has 7 aliphatic heterocycles. The van der Waals surface area contributed by atoms with Crippen molar-refractivity contribution in [3.63, 3.8) is 0 Å². The van der Waals surface area contributed by atoms with Gasteiger partial charge in [-0.05, 0) is 149 Å². The molecule has 392 valence electrons. The van der Waals surface area contributed by atoms with Gasteiger partial charge in [0.25, 0.3) is 0 Å². The van der Waals surface area contributed by atoms with Crippen LogP contribution in [0.5, 0.6) is 0 Å². The molecule has 67 heavy (non-hydrogen) atoms. The zero-order valence-electron chi connectivity index (χ0n) is 44.1. The molecule has 0 radical (unpaired) electrons. The van der Waals surface area contributed by atoms with Crippen LogP contribution in [0.4, 0.5) is 17.6 Å². The van der Waals surface area contributed by atoms with Gasteiger partial charge >= 0.3 is 0 Å². The molecule has 3 aliphatic carbocycles. The summed E-state index contributed by atoms with van der Waals surface area (Å²) in [5.41, 5.74) is 1.28. The Balaban J connectivity index is 0.000000138. The first-order chi connectivity index (χ1) is 31.5. The van der Waals surface area contributed by atoms with Crippen LogP contribution in [0.1, 0.15) is 198 Å². The fourth-order valence-corrected chi connectivity index (χ4v) is 12.7. The normalized spacial score (nSPS) is 33.6. The highest BCUT2D eigenvalue weighted by Crippen LogP contribution is 2.58. The molecule has 0 bridgehead atoms. The van der Waals surface area contributed by atoms with E-state index in [1.54, 1.807) is 0 Å². The maximum atomic E-state index is 12.8. The molecule has 10 rings (SSSR count). The van der Waals surface area contributed by atoms with E-state index >= 15 is 0 Å². The highest BCUT2D eigenvalue weighted by Gasteiger charge is 2.58. The van der Waals surface area contributed by atoms with Gasteiger partial charge in [-0.2, -0.15) is 0 Å². The second-order valence-electron chi connectivity index (χ2n) is 25.8. The zero-order chi connectivity index (χ0) is 48.7. The van der Waals surface area contributed by atoms with E-state index in [0.29, 0.717) is 77.4 Å². The van der Waals surface area contributed by atoms with Crippen LogP contribution in [-0.2, 0) is 33.2 Å². The second kappa shape index (κ2) is 23.5. The van der Waals surface area contributed by atoms with Gasteiger partial charge in [-0.3, -0.25) is 0 Å². The van der Waals surface area contributed by atoms with Crippen molar-refractivity contribution in [2.24, 2.45) is 56.7 Å². The summed E-state index contributed by atoms with van der Waals surface area (Å²) in [5.74, 6) is -1.74. The van der Waals surface area contributed by atoms with Crippen molar-refractivity contribution >= 4 is 0 Å². The highest BCUT2D eigenvalue weighted by atomic mass is 19.3. The Labute approximate surface area is 405 Å². The lowest BCUT2D eigenvalue weighted by Gasteiger charge is -2.51. The van der Waals surface area contributed by atoms with Crippen LogP contribution in [0.15, 0.2) is 0 Å². The molecule has 0 aromatic rings. The van der Waals surface area contributed by atoms with Gasteiger partial charge in [0, 0.05) is 62.9 Å². The van der Waals surface area contributed by atoms with Gasteiger partial charge in [0.15, 0.2) is 0 Å². The van der Waals surface area contributed by atoms with E-state index in [9.17, 15) is 17.6 Å².